The Morgan fingerprint density at radius 2 is 1.67 bits per heavy atom. The number of anilines is 1. The first-order valence-electron chi connectivity index (χ1n) is 12.9. The standard InChI is InChI=1S/C20H21F7N2O3S.C5H6N2O2/c21-18(22)5-6-28(9-18)13-2-4-16(15(8-13)20(25,26)27)33(31,32)14-3-1-12(7-14)17(30)29-10-19(23,24)11-29;6-3-5(1-2-5)7-4(8)9/h2,4,8,12,14H,1,3,5-7,9-11H2;7H,1-2H2,(H,8,9). The Hall–Kier alpha value is -3.29. The first-order chi connectivity index (χ1) is 19.3. The van der Waals surface area contributed by atoms with Gasteiger partial charge in [0, 0.05) is 24.6 Å². The van der Waals surface area contributed by atoms with E-state index in [-0.39, 0.29) is 31.5 Å². The first kappa shape index (κ1) is 31.6. The molecule has 0 aromatic heterocycles. The average molecular weight is 629 g/mol. The van der Waals surface area contributed by atoms with Gasteiger partial charge in [0.05, 0.1) is 41.4 Å². The number of sulfone groups is 1. The third kappa shape index (κ3) is 6.84. The van der Waals surface area contributed by atoms with Crippen molar-refractivity contribution in [2.45, 2.75) is 72.2 Å². The van der Waals surface area contributed by atoms with E-state index >= 15 is 0 Å². The Balaban J connectivity index is 0.000000385. The lowest BCUT2D eigenvalue weighted by Crippen LogP contribution is -2.59. The van der Waals surface area contributed by atoms with Gasteiger partial charge in [-0.25, -0.2) is 30.8 Å². The fraction of sp³-hybridized carbons (Fsp3) is 0.640. The van der Waals surface area contributed by atoms with Crippen LogP contribution in [0, 0.1) is 17.2 Å². The maximum atomic E-state index is 13.8. The lowest BCUT2D eigenvalue weighted by Gasteiger charge is -2.40. The Kier molecular flexibility index (Phi) is 8.11. The number of nitrogens with zero attached hydrogens (tertiary/aromatic N) is 3. The summed E-state index contributed by atoms with van der Waals surface area (Å²) < 4.78 is 120. The molecule has 1 aromatic carbocycles. The van der Waals surface area contributed by atoms with E-state index in [4.69, 9.17) is 10.4 Å². The van der Waals surface area contributed by atoms with Gasteiger partial charge in [0.25, 0.3) is 11.8 Å². The molecule has 2 aliphatic carbocycles. The second-order valence-electron chi connectivity index (χ2n) is 11.1. The zero-order valence-corrected chi connectivity index (χ0v) is 22.8. The summed E-state index contributed by atoms with van der Waals surface area (Å²) in [5.41, 5.74) is -2.34. The average Bonchev–Trinajstić information content (AvgIpc) is 3.27. The largest absolute Gasteiger partial charge is 0.465 e. The molecule has 2 atom stereocenters. The number of benzene rings is 1. The van der Waals surface area contributed by atoms with Crippen molar-refractivity contribution < 1.29 is 53.8 Å². The Bertz CT molecular complexity index is 1380. The van der Waals surface area contributed by atoms with Crippen molar-refractivity contribution in [1.29, 1.82) is 5.26 Å². The van der Waals surface area contributed by atoms with Gasteiger partial charge in [0.2, 0.25) is 5.91 Å². The Morgan fingerprint density at radius 1 is 1.02 bits per heavy atom. The van der Waals surface area contributed by atoms with E-state index in [2.05, 4.69) is 5.32 Å². The van der Waals surface area contributed by atoms with Crippen LogP contribution in [0.25, 0.3) is 0 Å². The number of rotatable bonds is 5. The minimum absolute atomic E-state index is 0.0626. The number of alkyl halides is 7. The molecule has 5 rings (SSSR count). The number of nitrogens with one attached hydrogen (secondary N) is 1. The van der Waals surface area contributed by atoms with Gasteiger partial charge >= 0.3 is 12.3 Å². The van der Waals surface area contributed by atoms with Gasteiger partial charge in [0.1, 0.15) is 5.54 Å². The zero-order chi connectivity index (χ0) is 31.3. The van der Waals surface area contributed by atoms with Crippen LogP contribution in [0.4, 0.5) is 41.2 Å². The van der Waals surface area contributed by atoms with Crippen LogP contribution in [0.5, 0.6) is 0 Å². The number of nitriles is 1. The number of carbonyl (C=O) groups excluding carboxylic acids is 1. The topological polar surface area (TPSA) is 131 Å². The summed E-state index contributed by atoms with van der Waals surface area (Å²) in [5, 5.41) is 17.3. The number of hydrogen-bond acceptors (Lipinski definition) is 6. The number of likely N-dealkylation sites (tertiary alicyclic amines) is 1. The number of carboxylic acid groups (broad SMARTS) is 1. The van der Waals surface area contributed by atoms with Crippen molar-refractivity contribution in [3.05, 3.63) is 23.8 Å². The van der Waals surface area contributed by atoms with E-state index in [1.165, 1.54) is 0 Å². The summed E-state index contributed by atoms with van der Waals surface area (Å²) in [4.78, 5) is 23.3. The summed E-state index contributed by atoms with van der Waals surface area (Å²) in [5.74, 6) is -7.52. The highest BCUT2D eigenvalue weighted by Crippen LogP contribution is 2.43. The first-order valence-corrected chi connectivity index (χ1v) is 14.5. The van der Waals surface area contributed by atoms with E-state index in [1.54, 1.807) is 0 Å². The molecule has 2 aliphatic heterocycles. The van der Waals surface area contributed by atoms with Crippen molar-refractivity contribution in [2.24, 2.45) is 5.92 Å². The minimum atomic E-state index is -5.06. The number of hydrogen-bond donors (Lipinski definition) is 2. The van der Waals surface area contributed by atoms with E-state index in [9.17, 15) is 48.7 Å². The van der Waals surface area contributed by atoms with Gasteiger partial charge in [-0.2, -0.15) is 18.4 Å². The van der Waals surface area contributed by atoms with Gasteiger partial charge in [-0.3, -0.25) is 4.79 Å². The molecule has 0 spiro atoms. The summed E-state index contributed by atoms with van der Waals surface area (Å²) in [6.45, 7) is -2.44. The molecule has 2 saturated carbocycles. The van der Waals surface area contributed by atoms with Crippen LogP contribution in [-0.2, 0) is 20.8 Å². The molecule has 17 heteroatoms. The van der Waals surface area contributed by atoms with Crippen LogP contribution in [0.1, 0.15) is 44.1 Å². The molecule has 2 unspecified atom stereocenters. The van der Waals surface area contributed by atoms with Crippen molar-refractivity contribution in [2.75, 3.05) is 31.1 Å². The van der Waals surface area contributed by atoms with Gasteiger partial charge in [-0.1, -0.05) is 0 Å². The maximum Gasteiger partial charge on any atom is 0.417 e. The highest BCUT2D eigenvalue weighted by molar-refractivity contribution is 7.92. The summed E-state index contributed by atoms with van der Waals surface area (Å²) in [6.07, 6.45) is -5.68. The highest BCUT2D eigenvalue weighted by Gasteiger charge is 2.50. The molecule has 2 saturated heterocycles. The molecule has 2 heterocycles. The summed E-state index contributed by atoms with van der Waals surface area (Å²) in [6, 6.07) is 4.30. The van der Waals surface area contributed by atoms with E-state index in [0.717, 1.165) is 21.9 Å². The molecule has 42 heavy (non-hydrogen) atoms. The van der Waals surface area contributed by atoms with Crippen LogP contribution in [0.3, 0.4) is 0 Å². The van der Waals surface area contributed by atoms with Gasteiger partial charge in [0.15, 0.2) is 9.84 Å². The highest BCUT2D eigenvalue weighted by atomic mass is 32.2. The fourth-order valence-electron chi connectivity index (χ4n) is 5.29. The second-order valence-corrected chi connectivity index (χ2v) is 13.3. The Morgan fingerprint density at radius 3 is 2.12 bits per heavy atom. The third-order valence-electron chi connectivity index (χ3n) is 7.75. The van der Waals surface area contributed by atoms with Crippen molar-refractivity contribution in [1.82, 2.24) is 10.2 Å². The predicted molar refractivity (Wildman–Crippen MR) is 132 cm³/mol. The quantitative estimate of drug-likeness (QED) is 0.466. The van der Waals surface area contributed by atoms with E-state index in [0.29, 0.717) is 18.9 Å². The van der Waals surface area contributed by atoms with Crippen LogP contribution in [0.2, 0.25) is 0 Å². The molecule has 0 radical (unpaired) electrons. The molecule has 232 valence electrons. The van der Waals surface area contributed by atoms with Crippen molar-refractivity contribution in [3.63, 3.8) is 0 Å². The maximum absolute atomic E-state index is 13.8. The molecule has 4 aliphatic rings. The van der Waals surface area contributed by atoms with E-state index < -0.39 is 93.1 Å². The monoisotopic (exact) mass is 628 g/mol. The molecule has 2 N–H and O–H groups in total. The summed E-state index contributed by atoms with van der Waals surface area (Å²) in [7, 11) is -4.52. The number of amides is 2. The molecule has 4 fully saturated rings. The predicted octanol–water partition coefficient (Wildman–Crippen LogP) is 4.28. The van der Waals surface area contributed by atoms with Gasteiger partial charge < -0.3 is 20.2 Å². The van der Waals surface area contributed by atoms with E-state index in [1.807, 2.05) is 6.07 Å². The smallest absolute Gasteiger partial charge is 0.417 e. The molecule has 1 aromatic rings. The van der Waals surface area contributed by atoms with Gasteiger partial charge in [-0.15, -0.1) is 0 Å². The van der Waals surface area contributed by atoms with Gasteiger partial charge in [-0.05, 0) is 50.3 Å². The van der Waals surface area contributed by atoms with Crippen molar-refractivity contribution in [3.8, 4) is 6.07 Å². The zero-order valence-electron chi connectivity index (χ0n) is 21.9. The normalized spacial score (nSPS) is 25.5. The fourth-order valence-corrected chi connectivity index (χ4v) is 7.32. The summed E-state index contributed by atoms with van der Waals surface area (Å²) >= 11 is 0. The Labute approximate surface area is 236 Å². The van der Waals surface area contributed by atoms with Crippen molar-refractivity contribution >= 4 is 27.5 Å². The molecular formula is C25H27F7N4O5S. The van der Waals surface area contributed by atoms with Crippen LogP contribution >= 0.6 is 0 Å². The molecule has 0 bridgehead atoms. The molecular weight excluding hydrogens is 601 g/mol. The minimum Gasteiger partial charge on any atom is -0.465 e. The lowest BCUT2D eigenvalue weighted by atomic mass is 10.0. The number of halogens is 7. The van der Waals surface area contributed by atoms with Crippen LogP contribution in [-0.4, -0.2) is 79.2 Å². The molecule has 2 amide bonds. The number of carbonyl (C=O) groups is 2. The third-order valence-corrected chi connectivity index (χ3v) is 10.0. The SMILES string of the molecule is N#CC1(NC(=O)O)CC1.O=C(C1CCC(S(=O)(=O)c2ccc(N3CCC(F)(F)C3)cc2C(F)(F)F)C1)N1CC(F)(F)C1. The van der Waals surface area contributed by atoms with Crippen LogP contribution in [0.15, 0.2) is 23.1 Å². The molecule has 9 nitrogen and oxygen atoms in total. The second kappa shape index (κ2) is 10.8. The van der Waals surface area contributed by atoms with Crippen LogP contribution < -0.4 is 10.2 Å². The lowest BCUT2D eigenvalue weighted by molar-refractivity contribution is -0.169.